The molecule has 1 aliphatic heterocycles. The first-order valence-electron chi connectivity index (χ1n) is 7.46. The Morgan fingerprint density at radius 1 is 1.52 bits per heavy atom. The summed E-state index contributed by atoms with van der Waals surface area (Å²) in [5, 5.41) is 6.61. The van der Waals surface area contributed by atoms with Gasteiger partial charge >= 0.3 is 6.55 Å². The third kappa shape index (κ3) is 3.78. The molecular formula is C15H16F2N6OS. The topological polar surface area (TPSA) is 98.2 Å². The van der Waals surface area contributed by atoms with Gasteiger partial charge in [-0.15, -0.1) is 0 Å². The molecule has 132 valence electrons. The van der Waals surface area contributed by atoms with Crippen molar-refractivity contribution in [2.24, 2.45) is 10.7 Å². The minimum absolute atomic E-state index is 0.0428. The van der Waals surface area contributed by atoms with Gasteiger partial charge in [-0.2, -0.15) is 13.9 Å². The average molecular weight is 366 g/mol. The molecule has 0 saturated heterocycles. The lowest BCUT2D eigenvalue weighted by molar-refractivity contribution is 0.0565. The second kappa shape index (κ2) is 6.79. The SMILES string of the molecule is C[C@@]1(c2cc(NC(=O)c3cnn(C(F)F)c3)ccn2)CCSC(N)=N1. The fourth-order valence-corrected chi connectivity index (χ4v) is 3.41. The molecule has 0 aromatic carbocycles. The number of alkyl halides is 2. The first-order chi connectivity index (χ1) is 11.9. The first-order valence-corrected chi connectivity index (χ1v) is 8.44. The normalized spacial score (nSPS) is 20.4. The number of nitrogens with two attached hydrogens (primary N) is 1. The van der Waals surface area contributed by atoms with E-state index in [1.54, 1.807) is 18.3 Å². The Kier molecular flexibility index (Phi) is 4.71. The Hall–Kier alpha value is -2.49. The zero-order valence-corrected chi connectivity index (χ0v) is 14.1. The molecule has 0 spiro atoms. The van der Waals surface area contributed by atoms with E-state index in [0.717, 1.165) is 24.6 Å². The number of nitrogens with one attached hydrogen (secondary N) is 1. The molecule has 0 radical (unpaired) electrons. The van der Waals surface area contributed by atoms with Crippen LogP contribution in [-0.2, 0) is 5.54 Å². The fourth-order valence-electron chi connectivity index (χ4n) is 2.44. The minimum atomic E-state index is -2.79. The molecule has 1 aliphatic rings. The molecule has 25 heavy (non-hydrogen) atoms. The summed E-state index contributed by atoms with van der Waals surface area (Å²) >= 11 is 1.49. The average Bonchev–Trinajstić information content (AvgIpc) is 3.05. The van der Waals surface area contributed by atoms with E-state index in [4.69, 9.17) is 5.73 Å². The molecule has 1 amide bonds. The smallest absolute Gasteiger partial charge is 0.333 e. The maximum atomic E-state index is 12.5. The number of aliphatic imine (C=N–C) groups is 1. The lowest BCUT2D eigenvalue weighted by atomic mass is 9.94. The molecule has 0 bridgehead atoms. The number of halogens is 2. The van der Waals surface area contributed by atoms with E-state index in [-0.39, 0.29) is 5.56 Å². The largest absolute Gasteiger partial charge is 0.379 e. The molecule has 2 aromatic heterocycles. The highest BCUT2D eigenvalue weighted by Crippen LogP contribution is 2.34. The number of thioether (sulfide) groups is 1. The van der Waals surface area contributed by atoms with Crippen molar-refractivity contribution < 1.29 is 13.6 Å². The summed E-state index contributed by atoms with van der Waals surface area (Å²) in [6.45, 7) is -0.860. The summed E-state index contributed by atoms with van der Waals surface area (Å²) in [6.07, 6.45) is 4.41. The highest BCUT2D eigenvalue weighted by atomic mass is 32.2. The van der Waals surface area contributed by atoms with Crippen LogP contribution in [0.15, 0.2) is 35.7 Å². The van der Waals surface area contributed by atoms with E-state index in [9.17, 15) is 13.6 Å². The molecule has 7 nitrogen and oxygen atoms in total. The number of carbonyl (C=O) groups excluding carboxylic acids is 1. The minimum Gasteiger partial charge on any atom is -0.379 e. The summed E-state index contributed by atoms with van der Waals surface area (Å²) < 4.78 is 25.5. The number of amidine groups is 1. The van der Waals surface area contributed by atoms with Gasteiger partial charge in [-0.05, 0) is 25.5 Å². The number of anilines is 1. The van der Waals surface area contributed by atoms with Gasteiger partial charge in [0.05, 0.1) is 17.5 Å². The number of pyridine rings is 1. The van der Waals surface area contributed by atoms with Crippen molar-refractivity contribution in [2.45, 2.75) is 25.4 Å². The number of hydrogen-bond donors (Lipinski definition) is 2. The molecule has 3 rings (SSSR count). The maximum absolute atomic E-state index is 12.5. The summed E-state index contributed by atoms with van der Waals surface area (Å²) in [7, 11) is 0. The van der Waals surface area contributed by atoms with E-state index in [2.05, 4.69) is 20.4 Å². The molecular weight excluding hydrogens is 350 g/mol. The van der Waals surface area contributed by atoms with Crippen molar-refractivity contribution in [1.82, 2.24) is 14.8 Å². The number of hydrogen-bond acceptors (Lipinski definition) is 6. The van der Waals surface area contributed by atoms with Crippen molar-refractivity contribution in [2.75, 3.05) is 11.1 Å². The highest BCUT2D eigenvalue weighted by molar-refractivity contribution is 8.13. The fraction of sp³-hybridized carbons (Fsp3) is 0.333. The van der Waals surface area contributed by atoms with Gasteiger partial charge in [0.25, 0.3) is 5.91 Å². The van der Waals surface area contributed by atoms with E-state index < -0.39 is 18.0 Å². The van der Waals surface area contributed by atoms with Crippen LogP contribution in [-0.4, -0.2) is 31.6 Å². The molecule has 0 saturated carbocycles. The van der Waals surface area contributed by atoms with Crippen molar-refractivity contribution >= 4 is 28.5 Å². The molecule has 1 atom stereocenters. The summed E-state index contributed by atoms with van der Waals surface area (Å²) in [5.74, 6) is 0.299. The van der Waals surface area contributed by atoms with Crippen molar-refractivity contribution in [3.63, 3.8) is 0 Å². The lowest BCUT2D eigenvalue weighted by Gasteiger charge is -2.28. The number of amides is 1. The van der Waals surface area contributed by atoms with E-state index in [1.807, 2.05) is 6.92 Å². The first kappa shape index (κ1) is 17.3. The number of nitrogens with zero attached hydrogens (tertiary/aromatic N) is 4. The standard InChI is InChI=1S/C15H16F2N6OS/c1-15(3-5-25-14(18)22-15)11-6-10(2-4-19-11)21-12(24)9-7-20-23(8-9)13(16)17/h2,4,6-8,13H,3,5H2,1H3,(H2,18,22)(H,19,21,24)/t15-/m0/s1. The number of rotatable bonds is 4. The van der Waals surface area contributed by atoms with Crippen LogP contribution in [0.5, 0.6) is 0 Å². The Labute approximate surface area is 146 Å². The van der Waals surface area contributed by atoms with Crippen LogP contribution in [0.3, 0.4) is 0 Å². The Morgan fingerprint density at radius 2 is 2.32 bits per heavy atom. The van der Waals surface area contributed by atoms with Gasteiger partial charge in [-0.25, -0.2) is 9.67 Å². The van der Waals surface area contributed by atoms with Crippen LogP contribution >= 0.6 is 11.8 Å². The zero-order valence-electron chi connectivity index (χ0n) is 13.3. The lowest BCUT2D eigenvalue weighted by Crippen LogP contribution is -2.29. The van der Waals surface area contributed by atoms with Crippen molar-refractivity contribution in [3.8, 4) is 0 Å². The predicted octanol–water partition coefficient (Wildman–Crippen LogP) is 2.59. The van der Waals surface area contributed by atoms with Crippen LogP contribution in [0.2, 0.25) is 0 Å². The van der Waals surface area contributed by atoms with Crippen LogP contribution in [0.25, 0.3) is 0 Å². The third-order valence-electron chi connectivity index (χ3n) is 3.83. The third-order valence-corrected chi connectivity index (χ3v) is 4.62. The van der Waals surface area contributed by atoms with E-state index in [1.165, 1.54) is 11.8 Å². The van der Waals surface area contributed by atoms with Gasteiger partial charge in [0.15, 0.2) is 5.17 Å². The van der Waals surface area contributed by atoms with Crippen molar-refractivity contribution in [1.29, 1.82) is 0 Å². The summed E-state index contributed by atoms with van der Waals surface area (Å²) in [4.78, 5) is 21.0. The van der Waals surface area contributed by atoms with Crippen LogP contribution in [0.4, 0.5) is 14.5 Å². The molecule has 0 fully saturated rings. The van der Waals surface area contributed by atoms with Gasteiger partial charge in [0.1, 0.15) is 5.54 Å². The quantitative estimate of drug-likeness (QED) is 0.867. The Bertz CT molecular complexity index is 824. The van der Waals surface area contributed by atoms with Gasteiger partial charge in [0.2, 0.25) is 0 Å². The van der Waals surface area contributed by atoms with Crippen molar-refractivity contribution in [3.05, 3.63) is 42.0 Å². The van der Waals surface area contributed by atoms with Gasteiger partial charge in [-0.3, -0.25) is 9.78 Å². The van der Waals surface area contributed by atoms with E-state index in [0.29, 0.717) is 21.2 Å². The van der Waals surface area contributed by atoms with Gasteiger partial charge in [-0.1, -0.05) is 11.8 Å². The molecule has 0 unspecified atom stereocenters. The maximum Gasteiger partial charge on any atom is 0.333 e. The molecule has 3 heterocycles. The molecule has 0 aliphatic carbocycles. The van der Waals surface area contributed by atoms with Gasteiger partial charge in [0, 0.05) is 23.8 Å². The van der Waals surface area contributed by atoms with Gasteiger partial charge < -0.3 is 11.1 Å². The summed E-state index contributed by atoms with van der Waals surface area (Å²) in [6, 6.07) is 3.33. The Morgan fingerprint density at radius 3 is 3.00 bits per heavy atom. The number of aromatic nitrogens is 3. The van der Waals surface area contributed by atoms with E-state index >= 15 is 0 Å². The van der Waals surface area contributed by atoms with Crippen LogP contribution in [0.1, 0.15) is 35.9 Å². The second-order valence-corrected chi connectivity index (χ2v) is 6.81. The molecule has 10 heteroatoms. The number of carbonyl (C=O) groups is 1. The van der Waals surface area contributed by atoms with Crippen LogP contribution < -0.4 is 11.1 Å². The highest BCUT2D eigenvalue weighted by Gasteiger charge is 2.31. The molecule has 2 aromatic rings. The summed E-state index contributed by atoms with van der Waals surface area (Å²) in [5.41, 5.74) is 6.47. The monoisotopic (exact) mass is 366 g/mol. The Balaban J connectivity index is 1.79. The predicted molar refractivity (Wildman–Crippen MR) is 91.7 cm³/mol. The zero-order chi connectivity index (χ0) is 18.0. The molecule has 3 N–H and O–H groups in total. The second-order valence-electron chi connectivity index (χ2n) is 5.69. The van der Waals surface area contributed by atoms with Crippen LogP contribution in [0, 0.1) is 0 Å².